The van der Waals surface area contributed by atoms with Gasteiger partial charge in [0.25, 0.3) is 5.91 Å². The number of carboxylic acid groups (broad SMARTS) is 1. The molecule has 0 bridgehead atoms. The van der Waals surface area contributed by atoms with E-state index >= 15 is 0 Å². The van der Waals surface area contributed by atoms with Gasteiger partial charge in [-0.2, -0.15) is 0 Å². The summed E-state index contributed by atoms with van der Waals surface area (Å²) in [5.74, 6) is -2.16. The number of aliphatic carboxylic acids is 1. The maximum atomic E-state index is 12.8. The van der Waals surface area contributed by atoms with E-state index in [0.717, 1.165) is 11.8 Å². The predicted molar refractivity (Wildman–Crippen MR) is 89.4 cm³/mol. The number of nitrogens with zero attached hydrogens (tertiary/aromatic N) is 1. The lowest BCUT2D eigenvalue weighted by atomic mass is 9.95. The Labute approximate surface area is 148 Å². The standard InChI is InChI=1S/C16H18N2O6S/c1-16(2)12(15(21)22)18(23)13(20)11(14(18)25-16)17-10(19)8-24-9-6-4-3-5-7-9/h3-7,11-12,14H,8H2,1-2H3,(H,17,19)(H,21,22)/t11-,12+,14-,18?/m1/s1. The highest BCUT2D eigenvalue weighted by molar-refractivity contribution is 8.01. The van der Waals surface area contributed by atoms with Gasteiger partial charge in [-0.3, -0.25) is 9.44 Å². The summed E-state index contributed by atoms with van der Waals surface area (Å²) in [5.41, 5.74) is 0. The molecule has 0 spiro atoms. The predicted octanol–water partition coefficient (Wildman–Crippen LogP) is 0.710. The van der Waals surface area contributed by atoms with Crippen LogP contribution in [0.3, 0.4) is 0 Å². The van der Waals surface area contributed by atoms with Crippen LogP contribution < -0.4 is 10.1 Å². The molecule has 2 saturated heterocycles. The molecule has 3 rings (SSSR count). The highest BCUT2D eigenvalue weighted by Crippen LogP contribution is 2.55. The maximum absolute atomic E-state index is 12.8. The summed E-state index contributed by atoms with van der Waals surface area (Å²) in [7, 11) is 0. The van der Waals surface area contributed by atoms with Crippen LogP contribution >= 0.6 is 11.8 Å². The van der Waals surface area contributed by atoms with Gasteiger partial charge in [-0.15, -0.1) is 0 Å². The van der Waals surface area contributed by atoms with Crippen molar-refractivity contribution in [3.63, 3.8) is 0 Å². The van der Waals surface area contributed by atoms with Crippen LogP contribution in [0.4, 0.5) is 0 Å². The molecule has 0 aliphatic carbocycles. The molecule has 2 amide bonds. The SMILES string of the molecule is CC1(C)S[C@@H]2[C@H](NC(=O)COc3ccccc3)C(=O)[N+]2([O-])[C@H]1C(=O)O. The Kier molecular flexibility index (Phi) is 4.26. The number of rotatable bonds is 5. The summed E-state index contributed by atoms with van der Waals surface area (Å²) in [4.78, 5) is 35.8. The van der Waals surface area contributed by atoms with E-state index in [1.807, 2.05) is 6.07 Å². The molecule has 1 unspecified atom stereocenters. The summed E-state index contributed by atoms with van der Waals surface area (Å²) >= 11 is 1.12. The number of para-hydroxylation sites is 1. The van der Waals surface area contributed by atoms with Gasteiger partial charge < -0.3 is 20.4 Å². The smallest absolute Gasteiger partial charge is 0.364 e. The monoisotopic (exact) mass is 366 g/mol. The molecule has 1 aromatic carbocycles. The fourth-order valence-corrected chi connectivity index (χ4v) is 5.05. The number of carboxylic acids is 1. The number of β-lactam (4-membered cyclic amide) rings is 1. The van der Waals surface area contributed by atoms with Crippen molar-refractivity contribution in [2.45, 2.75) is 36.1 Å². The Balaban J connectivity index is 1.65. The van der Waals surface area contributed by atoms with Gasteiger partial charge >= 0.3 is 11.9 Å². The van der Waals surface area contributed by atoms with Gasteiger partial charge in [-0.1, -0.05) is 30.0 Å². The molecule has 4 atom stereocenters. The number of nitrogens with one attached hydrogen (secondary N) is 1. The Morgan fingerprint density at radius 3 is 2.60 bits per heavy atom. The minimum Gasteiger partial charge on any atom is -0.624 e. The minimum atomic E-state index is -1.43. The summed E-state index contributed by atoms with van der Waals surface area (Å²) in [6.07, 6.45) is 0. The van der Waals surface area contributed by atoms with E-state index in [1.54, 1.807) is 38.1 Å². The van der Waals surface area contributed by atoms with E-state index in [-0.39, 0.29) is 6.61 Å². The van der Waals surface area contributed by atoms with E-state index < -0.39 is 44.6 Å². The van der Waals surface area contributed by atoms with Gasteiger partial charge in [0.1, 0.15) is 5.75 Å². The van der Waals surface area contributed by atoms with Crippen LogP contribution in [0.1, 0.15) is 13.8 Å². The molecule has 0 aromatic heterocycles. The quantitative estimate of drug-likeness (QED) is 0.448. The van der Waals surface area contributed by atoms with Crippen LogP contribution in [0.5, 0.6) is 5.75 Å². The normalized spacial score (nSPS) is 32.4. The number of quaternary nitrogens is 1. The van der Waals surface area contributed by atoms with Gasteiger partial charge in [-0.05, 0) is 26.0 Å². The molecule has 25 heavy (non-hydrogen) atoms. The van der Waals surface area contributed by atoms with Crippen LogP contribution in [-0.2, 0) is 14.4 Å². The number of thioether (sulfide) groups is 1. The molecule has 2 fully saturated rings. The molecular formula is C16H18N2O6S. The Morgan fingerprint density at radius 2 is 2.00 bits per heavy atom. The van der Waals surface area contributed by atoms with Crippen LogP contribution in [0, 0.1) is 5.21 Å². The molecule has 8 nitrogen and oxygen atoms in total. The summed E-state index contributed by atoms with van der Waals surface area (Å²) in [6, 6.07) is 6.32. The van der Waals surface area contributed by atoms with Crippen LogP contribution in [0.15, 0.2) is 30.3 Å². The van der Waals surface area contributed by atoms with Crippen molar-refractivity contribution in [2.75, 3.05) is 6.61 Å². The third kappa shape index (κ3) is 2.78. The first-order chi connectivity index (χ1) is 11.7. The maximum Gasteiger partial charge on any atom is 0.364 e. The molecule has 0 radical (unpaired) electrons. The number of ether oxygens (including phenoxy) is 1. The topological polar surface area (TPSA) is 116 Å². The average Bonchev–Trinajstić information content (AvgIpc) is 2.75. The lowest BCUT2D eigenvalue weighted by Gasteiger charge is -2.54. The van der Waals surface area contributed by atoms with Crippen molar-refractivity contribution in [2.24, 2.45) is 0 Å². The summed E-state index contributed by atoms with van der Waals surface area (Å²) < 4.78 is 2.96. The zero-order valence-corrected chi connectivity index (χ0v) is 14.5. The number of hydroxylamine groups is 3. The number of carbonyl (C=O) groups is 3. The Bertz CT molecular complexity index is 725. The van der Waals surface area contributed by atoms with E-state index in [0.29, 0.717) is 5.75 Å². The zero-order valence-electron chi connectivity index (χ0n) is 13.7. The Morgan fingerprint density at radius 1 is 1.36 bits per heavy atom. The van der Waals surface area contributed by atoms with E-state index in [1.165, 1.54) is 0 Å². The van der Waals surface area contributed by atoms with Crippen molar-refractivity contribution in [3.8, 4) is 5.75 Å². The fourth-order valence-electron chi connectivity index (χ4n) is 3.34. The lowest BCUT2D eigenvalue weighted by Crippen LogP contribution is -2.79. The Hall–Kier alpha value is -2.10. The van der Waals surface area contributed by atoms with Crippen LogP contribution in [0.25, 0.3) is 0 Å². The van der Waals surface area contributed by atoms with Crippen LogP contribution in [0.2, 0.25) is 0 Å². The molecule has 2 aliphatic heterocycles. The number of fused-ring (bicyclic) bond motifs is 1. The first-order valence-corrected chi connectivity index (χ1v) is 8.57. The molecular weight excluding hydrogens is 348 g/mol. The van der Waals surface area contributed by atoms with Crippen LogP contribution in [-0.4, -0.2) is 56.3 Å². The first kappa shape index (κ1) is 17.7. The van der Waals surface area contributed by atoms with Gasteiger partial charge in [-0.25, -0.2) is 9.59 Å². The van der Waals surface area contributed by atoms with E-state index in [2.05, 4.69) is 5.32 Å². The minimum absolute atomic E-state index is 0.296. The van der Waals surface area contributed by atoms with Gasteiger partial charge in [0.2, 0.25) is 12.1 Å². The molecule has 9 heteroatoms. The second kappa shape index (κ2) is 6.01. The molecule has 2 heterocycles. The van der Waals surface area contributed by atoms with Crippen molar-refractivity contribution in [1.82, 2.24) is 5.32 Å². The zero-order chi connectivity index (χ0) is 18.4. The average molecular weight is 366 g/mol. The molecule has 2 N–H and O–H groups in total. The third-order valence-electron chi connectivity index (χ3n) is 4.40. The summed E-state index contributed by atoms with van der Waals surface area (Å²) in [5, 5.41) is 23.8. The second-order valence-electron chi connectivity index (χ2n) is 6.55. The third-order valence-corrected chi connectivity index (χ3v) is 6.06. The van der Waals surface area contributed by atoms with Crippen molar-refractivity contribution in [1.29, 1.82) is 0 Å². The number of hydrogen-bond acceptors (Lipinski definition) is 6. The van der Waals surface area contributed by atoms with Crippen molar-refractivity contribution < 1.29 is 28.9 Å². The van der Waals surface area contributed by atoms with Crippen molar-refractivity contribution >= 4 is 29.5 Å². The number of hydrogen-bond donors (Lipinski definition) is 2. The van der Waals surface area contributed by atoms with E-state index in [4.69, 9.17) is 4.74 Å². The van der Waals surface area contributed by atoms with Gasteiger partial charge in [0.05, 0.1) is 4.75 Å². The van der Waals surface area contributed by atoms with Crippen molar-refractivity contribution in [3.05, 3.63) is 35.5 Å². The largest absolute Gasteiger partial charge is 0.624 e. The first-order valence-electron chi connectivity index (χ1n) is 7.69. The molecule has 1 aromatic rings. The molecule has 134 valence electrons. The summed E-state index contributed by atoms with van der Waals surface area (Å²) in [6.45, 7) is 2.95. The lowest BCUT2D eigenvalue weighted by molar-refractivity contribution is -0.857. The second-order valence-corrected chi connectivity index (χ2v) is 8.32. The number of amides is 2. The van der Waals surface area contributed by atoms with Gasteiger partial charge in [0.15, 0.2) is 12.0 Å². The number of carbonyl (C=O) groups excluding carboxylic acids is 2. The molecule has 0 saturated carbocycles. The highest BCUT2D eigenvalue weighted by Gasteiger charge is 2.74. The number of benzene rings is 1. The molecule has 2 aliphatic rings. The van der Waals surface area contributed by atoms with E-state index in [9.17, 15) is 24.7 Å². The highest BCUT2D eigenvalue weighted by atomic mass is 32.2. The van der Waals surface area contributed by atoms with Gasteiger partial charge in [0, 0.05) is 0 Å². The fraction of sp³-hybridized carbons (Fsp3) is 0.438.